The zero-order chi connectivity index (χ0) is 13.0. The maximum Gasteiger partial charge on any atom is 0.257 e. The molecule has 1 N–H and O–H groups in total. The van der Waals surface area contributed by atoms with Crippen molar-refractivity contribution < 1.29 is 4.79 Å². The van der Waals surface area contributed by atoms with Crippen LogP contribution in [0.15, 0.2) is 24.3 Å². The van der Waals surface area contributed by atoms with Gasteiger partial charge in [-0.25, -0.2) is 0 Å². The Bertz CT molecular complexity index is 537. The average Bonchev–Trinajstić information content (AvgIpc) is 2.76. The zero-order valence-corrected chi connectivity index (χ0v) is 11.8. The van der Waals surface area contributed by atoms with E-state index in [0.717, 1.165) is 10.8 Å². The second kappa shape index (κ2) is 5.97. The predicted molar refractivity (Wildman–Crippen MR) is 76.3 cm³/mol. The molecule has 0 spiro atoms. The van der Waals surface area contributed by atoms with E-state index in [0.29, 0.717) is 10.7 Å². The van der Waals surface area contributed by atoms with Gasteiger partial charge in [0.05, 0.1) is 0 Å². The molecule has 0 aliphatic carbocycles. The Balaban J connectivity index is 2.04. The molecular weight excluding hydrogens is 266 g/mol. The highest BCUT2D eigenvalue weighted by molar-refractivity contribution is 7.97. The first-order valence-corrected chi connectivity index (χ1v) is 7.59. The summed E-state index contributed by atoms with van der Waals surface area (Å²) in [4.78, 5) is 11.9. The molecule has 0 radical (unpaired) electrons. The molecular formula is C12H13N3OS2. The number of aryl methyl sites for hydroxylation is 1. The first-order valence-electron chi connectivity index (χ1n) is 5.38. The number of nitrogens with one attached hydrogen (secondary N) is 1. The number of hydrogen-bond acceptors (Lipinski definition) is 5. The van der Waals surface area contributed by atoms with E-state index in [1.165, 1.54) is 16.9 Å². The lowest BCUT2D eigenvalue weighted by atomic mass is 10.1. The first kappa shape index (κ1) is 13.0. The van der Waals surface area contributed by atoms with Crippen LogP contribution < -0.4 is 5.32 Å². The van der Waals surface area contributed by atoms with Crippen molar-refractivity contribution in [1.29, 1.82) is 0 Å². The number of amides is 1. The molecule has 4 nitrogen and oxygen atoms in total. The third-order valence-electron chi connectivity index (χ3n) is 2.27. The Morgan fingerprint density at radius 3 is 2.61 bits per heavy atom. The summed E-state index contributed by atoms with van der Waals surface area (Å²) in [6.45, 7) is 1.85. The zero-order valence-electron chi connectivity index (χ0n) is 10.1. The Morgan fingerprint density at radius 2 is 2.06 bits per heavy atom. The molecule has 2 rings (SSSR count). The summed E-state index contributed by atoms with van der Waals surface area (Å²) < 4.78 is 0. The van der Waals surface area contributed by atoms with Crippen molar-refractivity contribution in [2.24, 2.45) is 0 Å². The number of carbonyl (C=O) groups excluding carboxylic acids is 1. The molecule has 0 saturated heterocycles. The van der Waals surface area contributed by atoms with E-state index in [4.69, 9.17) is 0 Å². The van der Waals surface area contributed by atoms with Gasteiger partial charge in [0.25, 0.3) is 5.91 Å². The molecule has 1 amide bonds. The third kappa shape index (κ3) is 3.30. The van der Waals surface area contributed by atoms with Crippen LogP contribution in [0.2, 0.25) is 0 Å². The number of rotatable bonds is 4. The summed E-state index contributed by atoms with van der Waals surface area (Å²) >= 11 is 3.12. The molecule has 0 bridgehead atoms. The van der Waals surface area contributed by atoms with Gasteiger partial charge in [0.1, 0.15) is 5.01 Å². The first-order chi connectivity index (χ1) is 8.69. The molecule has 0 atom stereocenters. The summed E-state index contributed by atoms with van der Waals surface area (Å²) in [7, 11) is 0. The fourth-order valence-electron chi connectivity index (χ4n) is 1.44. The van der Waals surface area contributed by atoms with Crippen LogP contribution in [0.3, 0.4) is 0 Å². The summed E-state index contributed by atoms with van der Waals surface area (Å²) in [6.07, 6.45) is 2.05. The minimum absolute atomic E-state index is 0.151. The molecule has 94 valence electrons. The lowest BCUT2D eigenvalue weighted by Crippen LogP contribution is -2.11. The number of thioether (sulfide) groups is 1. The summed E-state index contributed by atoms with van der Waals surface area (Å²) in [5.41, 5.74) is 1.85. The van der Waals surface area contributed by atoms with E-state index in [2.05, 4.69) is 21.8 Å². The average molecular weight is 279 g/mol. The van der Waals surface area contributed by atoms with Gasteiger partial charge in [-0.3, -0.25) is 10.1 Å². The summed E-state index contributed by atoms with van der Waals surface area (Å²) in [5, 5.41) is 11.8. The van der Waals surface area contributed by atoms with Crippen molar-refractivity contribution in [1.82, 2.24) is 10.2 Å². The van der Waals surface area contributed by atoms with Crippen LogP contribution in [0.5, 0.6) is 0 Å². The number of nitrogens with zero attached hydrogens (tertiary/aromatic N) is 2. The second-order valence-corrected chi connectivity index (χ2v) is 5.76. The topological polar surface area (TPSA) is 54.9 Å². The van der Waals surface area contributed by atoms with E-state index in [9.17, 15) is 4.79 Å². The molecule has 0 fully saturated rings. The molecule has 2 aromatic rings. The van der Waals surface area contributed by atoms with E-state index < -0.39 is 0 Å². The second-order valence-electron chi connectivity index (χ2n) is 3.71. The third-order valence-corrected chi connectivity index (χ3v) is 3.65. The summed E-state index contributed by atoms with van der Waals surface area (Å²) in [6, 6.07) is 7.59. The van der Waals surface area contributed by atoms with E-state index in [1.807, 2.05) is 31.2 Å². The van der Waals surface area contributed by atoms with Gasteiger partial charge in [0, 0.05) is 11.3 Å². The molecule has 6 heteroatoms. The molecule has 18 heavy (non-hydrogen) atoms. The molecule has 1 heterocycles. The van der Waals surface area contributed by atoms with Crippen LogP contribution in [-0.2, 0) is 5.75 Å². The SMILES string of the molecule is CSCc1ccc(C(=O)Nc2nnc(C)s2)cc1. The van der Waals surface area contributed by atoms with E-state index >= 15 is 0 Å². The van der Waals surface area contributed by atoms with Crippen LogP contribution >= 0.6 is 23.1 Å². The monoisotopic (exact) mass is 279 g/mol. The molecule has 0 aliphatic heterocycles. The highest BCUT2D eigenvalue weighted by Crippen LogP contribution is 2.16. The highest BCUT2D eigenvalue weighted by Gasteiger charge is 2.08. The van der Waals surface area contributed by atoms with Crippen LogP contribution in [0.25, 0.3) is 0 Å². The van der Waals surface area contributed by atoms with Gasteiger partial charge < -0.3 is 0 Å². The van der Waals surface area contributed by atoms with Crippen LogP contribution in [0.1, 0.15) is 20.9 Å². The lowest BCUT2D eigenvalue weighted by molar-refractivity contribution is 0.102. The van der Waals surface area contributed by atoms with E-state index in [1.54, 1.807) is 11.8 Å². The molecule has 0 aliphatic rings. The van der Waals surface area contributed by atoms with Crippen molar-refractivity contribution in [2.75, 3.05) is 11.6 Å². The van der Waals surface area contributed by atoms with Gasteiger partial charge in [0.15, 0.2) is 0 Å². The predicted octanol–water partition coefficient (Wildman–Crippen LogP) is 2.96. The van der Waals surface area contributed by atoms with Gasteiger partial charge in [-0.05, 0) is 30.9 Å². The fraction of sp³-hybridized carbons (Fsp3) is 0.250. The molecule has 1 aromatic heterocycles. The number of hydrogen-bond donors (Lipinski definition) is 1. The molecule has 0 saturated carbocycles. The normalized spacial score (nSPS) is 10.3. The van der Waals surface area contributed by atoms with Gasteiger partial charge in [-0.15, -0.1) is 10.2 Å². The van der Waals surface area contributed by atoms with Crippen molar-refractivity contribution in [3.8, 4) is 0 Å². The molecule has 1 aromatic carbocycles. The van der Waals surface area contributed by atoms with Gasteiger partial charge in [-0.1, -0.05) is 23.5 Å². The number of anilines is 1. The quantitative estimate of drug-likeness (QED) is 0.935. The van der Waals surface area contributed by atoms with Crippen molar-refractivity contribution >= 4 is 34.1 Å². The molecule has 0 unspecified atom stereocenters. The Morgan fingerprint density at radius 1 is 1.33 bits per heavy atom. The number of carbonyl (C=O) groups is 1. The smallest absolute Gasteiger partial charge is 0.257 e. The van der Waals surface area contributed by atoms with Crippen molar-refractivity contribution in [2.45, 2.75) is 12.7 Å². The van der Waals surface area contributed by atoms with Gasteiger partial charge in [-0.2, -0.15) is 11.8 Å². The van der Waals surface area contributed by atoms with Crippen LogP contribution in [0, 0.1) is 6.92 Å². The standard InChI is InChI=1S/C12H13N3OS2/c1-8-14-15-12(18-8)13-11(16)10-5-3-9(4-6-10)7-17-2/h3-6H,7H2,1-2H3,(H,13,15,16). The maximum atomic E-state index is 11.9. The Labute approximate surface area is 114 Å². The highest BCUT2D eigenvalue weighted by atomic mass is 32.2. The van der Waals surface area contributed by atoms with E-state index in [-0.39, 0.29) is 5.91 Å². The fourth-order valence-corrected chi connectivity index (χ4v) is 2.55. The minimum Gasteiger partial charge on any atom is -0.296 e. The Kier molecular flexibility index (Phi) is 4.33. The van der Waals surface area contributed by atoms with Crippen LogP contribution in [0.4, 0.5) is 5.13 Å². The number of benzene rings is 1. The van der Waals surface area contributed by atoms with Crippen LogP contribution in [-0.4, -0.2) is 22.4 Å². The Hall–Kier alpha value is -1.40. The minimum atomic E-state index is -0.151. The van der Waals surface area contributed by atoms with Gasteiger partial charge >= 0.3 is 0 Å². The van der Waals surface area contributed by atoms with Crippen molar-refractivity contribution in [3.05, 3.63) is 40.4 Å². The largest absolute Gasteiger partial charge is 0.296 e. The lowest BCUT2D eigenvalue weighted by Gasteiger charge is -2.02. The van der Waals surface area contributed by atoms with Crippen molar-refractivity contribution in [3.63, 3.8) is 0 Å². The summed E-state index contributed by atoms with van der Waals surface area (Å²) in [5.74, 6) is 0.805. The number of aromatic nitrogens is 2. The van der Waals surface area contributed by atoms with Gasteiger partial charge in [0.2, 0.25) is 5.13 Å². The maximum absolute atomic E-state index is 11.9.